The number of fused-ring (bicyclic) bond motifs is 1. The van der Waals surface area contributed by atoms with Gasteiger partial charge in [-0.1, -0.05) is 0 Å². The van der Waals surface area contributed by atoms with Gasteiger partial charge in [0.2, 0.25) is 0 Å². The van der Waals surface area contributed by atoms with E-state index in [9.17, 15) is 13.2 Å². The molecule has 3 aromatic rings. The number of rotatable bonds is 7. The maximum absolute atomic E-state index is 13.2. The molecule has 0 bridgehead atoms. The van der Waals surface area contributed by atoms with E-state index < -0.39 is 11.7 Å². The molecule has 0 aliphatic carbocycles. The SMILES string of the molecule is COc1cc2c(c(OC)c1OC)C(c1ccc(C(F)(F)F)cc1)C(C[Se]c1ccccc1)OC2. The van der Waals surface area contributed by atoms with Gasteiger partial charge in [0.15, 0.2) is 0 Å². The molecule has 1 aliphatic rings. The standard InChI is InChI=1S/C26H25F3O4Se/c1-30-20-13-17-14-33-21(15-34-19-7-5-4-6-8-19)22(23(17)25(32-3)24(20)31-2)16-9-11-18(12-10-16)26(27,28)29/h4-13,21-22H,14-15H2,1-3H3. The van der Waals surface area contributed by atoms with Crippen LogP contribution >= 0.6 is 0 Å². The molecule has 2 unspecified atom stereocenters. The molecule has 0 N–H and O–H groups in total. The second-order valence-corrected chi connectivity index (χ2v) is 10.1. The van der Waals surface area contributed by atoms with Crippen LogP contribution in [-0.4, -0.2) is 42.4 Å². The summed E-state index contributed by atoms with van der Waals surface area (Å²) in [6, 6.07) is 17.3. The van der Waals surface area contributed by atoms with Crippen LogP contribution in [0.25, 0.3) is 0 Å². The second-order valence-electron chi connectivity index (χ2n) is 7.79. The molecule has 2 atom stereocenters. The fourth-order valence-electron chi connectivity index (χ4n) is 4.27. The van der Waals surface area contributed by atoms with Crippen LogP contribution in [0, 0.1) is 0 Å². The average Bonchev–Trinajstić information content (AvgIpc) is 2.85. The number of methoxy groups -OCH3 is 3. The van der Waals surface area contributed by atoms with E-state index in [0.717, 1.165) is 34.1 Å². The molecule has 4 nitrogen and oxygen atoms in total. The predicted molar refractivity (Wildman–Crippen MR) is 125 cm³/mol. The first-order valence-electron chi connectivity index (χ1n) is 10.7. The first kappa shape index (κ1) is 24.5. The van der Waals surface area contributed by atoms with Crippen molar-refractivity contribution in [3.05, 3.63) is 82.9 Å². The number of benzene rings is 3. The molecule has 0 saturated carbocycles. The van der Waals surface area contributed by atoms with Gasteiger partial charge < -0.3 is 0 Å². The summed E-state index contributed by atoms with van der Waals surface area (Å²) in [4.78, 5) is 0. The second kappa shape index (κ2) is 10.3. The van der Waals surface area contributed by atoms with Crippen LogP contribution in [0.2, 0.25) is 5.32 Å². The molecule has 4 rings (SSSR count). The zero-order valence-corrected chi connectivity index (χ0v) is 20.7. The summed E-state index contributed by atoms with van der Waals surface area (Å²) in [6.45, 7) is 0.346. The summed E-state index contributed by atoms with van der Waals surface area (Å²) in [7, 11) is 4.64. The van der Waals surface area contributed by atoms with Crippen LogP contribution in [0.5, 0.6) is 17.2 Å². The summed E-state index contributed by atoms with van der Waals surface area (Å²) >= 11 is 0.122. The fourth-order valence-corrected chi connectivity index (χ4v) is 6.36. The third-order valence-electron chi connectivity index (χ3n) is 5.84. The first-order chi connectivity index (χ1) is 16.4. The molecular formula is C26H25F3O4Se. The van der Waals surface area contributed by atoms with Gasteiger partial charge in [0, 0.05) is 0 Å². The van der Waals surface area contributed by atoms with Crippen molar-refractivity contribution in [2.75, 3.05) is 21.3 Å². The molecule has 1 heterocycles. The van der Waals surface area contributed by atoms with Gasteiger partial charge in [0.05, 0.1) is 0 Å². The van der Waals surface area contributed by atoms with Gasteiger partial charge in [-0.3, -0.25) is 0 Å². The Kier molecular flexibility index (Phi) is 7.41. The van der Waals surface area contributed by atoms with E-state index in [-0.39, 0.29) is 27.0 Å². The summed E-state index contributed by atoms with van der Waals surface area (Å²) in [5.41, 5.74) is 1.77. The van der Waals surface area contributed by atoms with Crippen LogP contribution in [-0.2, 0) is 17.5 Å². The molecule has 0 aromatic heterocycles. The van der Waals surface area contributed by atoms with Gasteiger partial charge in [-0.25, -0.2) is 0 Å². The van der Waals surface area contributed by atoms with Crippen molar-refractivity contribution >= 4 is 19.4 Å². The molecule has 0 spiro atoms. The summed E-state index contributed by atoms with van der Waals surface area (Å²) in [6.07, 6.45) is -4.64. The number of alkyl halides is 3. The van der Waals surface area contributed by atoms with E-state index in [2.05, 4.69) is 12.1 Å². The van der Waals surface area contributed by atoms with Gasteiger partial charge in [-0.15, -0.1) is 0 Å². The zero-order valence-electron chi connectivity index (χ0n) is 19.0. The summed E-state index contributed by atoms with van der Waals surface area (Å²) in [5.74, 6) is 1.16. The van der Waals surface area contributed by atoms with Crippen molar-refractivity contribution in [2.24, 2.45) is 0 Å². The third kappa shape index (κ3) is 4.90. The van der Waals surface area contributed by atoms with Crippen molar-refractivity contribution in [2.45, 2.75) is 30.1 Å². The molecular weight excluding hydrogens is 512 g/mol. The third-order valence-corrected chi connectivity index (χ3v) is 8.15. The van der Waals surface area contributed by atoms with Crippen molar-refractivity contribution < 1.29 is 32.1 Å². The van der Waals surface area contributed by atoms with Crippen LogP contribution in [0.4, 0.5) is 13.2 Å². The summed E-state index contributed by atoms with van der Waals surface area (Å²) < 4.78 is 64.1. The first-order valence-corrected chi connectivity index (χ1v) is 12.7. The Balaban J connectivity index is 1.81. The van der Waals surface area contributed by atoms with E-state index in [1.54, 1.807) is 14.2 Å². The van der Waals surface area contributed by atoms with Gasteiger partial charge in [0.1, 0.15) is 0 Å². The van der Waals surface area contributed by atoms with E-state index in [4.69, 9.17) is 18.9 Å². The van der Waals surface area contributed by atoms with Crippen LogP contribution in [0.15, 0.2) is 60.7 Å². The number of hydrogen-bond donors (Lipinski definition) is 0. The number of ether oxygens (including phenoxy) is 4. The molecule has 0 fully saturated rings. The zero-order chi connectivity index (χ0) is 24.3. The Bertz CT molecular complexity index is 1120. The molecule has 3 aromatic carbocycles. The van der Waals surface area contributed by atoms with Crippen LogP contribution in [0.3, 0.4) is 0 Å². The Morgan fingerprint density at radius 1 is 0.912 bits per heavy atom. The van der Waals surface area contributed by atoms with E-state index in [1.165, 1.54) is 23.7 Å². The molecule has 1 aliphatic heterocycles. The predicted octanol–water partition coefficient (Wildman–Crippen LogP) is 5.21. The van der Waals surface area contributed by atoms with Crippen molar-refractivity contribution in [3.8, 4) is 17.2 Å². The maximum atomic E-state index is 13.2. The Labute approximate surface area is 203 Å². The van der Waals surface area contributed by atoms with Gasteiger partial charge in [0.25, 0.3) is 0 Å². The Hall–Kier alpha value is -2.67. The normalized spacial score (nSPS) is 17.7. The van der Waals surface area contributed by atoms with E-state index in [0.29, 0.717) is 23.9 Å². The molecule has 0 radical (unpaired) electrons. The van der Waals surface area contributed by atoms with Gasteiger partial charge in [-0.05, 0) is 0 Å². The van der Waals surface area contributed by atoms with E-state index >= 15 is 0 Å². The molecule has 8 heteroatoms. The summed E-state index contributed by atoms with van der Waals surface area (Å²) in [5, 5.41) is 0.750. The number of halogens is 3. The van der Waals surface area contributed by atoms with Crippen LogP contribution in [0.1, 0.15) is 28.2 Å². The van der Waals surface area contributed by atoms with Gasteiger partial charge >= 0.3 is 203 Å². The molecule has 0 amide bonds. The van der Waals surface area contributed by atoms with Gasteiger partial charge in [-0.2, -0.15) is 0 Å². The quantitative estimate of drug-likeness (QED) is 0.388. The molecule has 0 saturated heterocycles. The Morgan fingerprint density at radius 3 is 2.18 bits per heavy atom. The minimum absolute atomic E-state index is 0.122. The average molecular weight is 537 g/mol. The topological polar surface area (TPSA) is 36.9 Å². The van der Waals surface area contributed by atoms with E-state index in [1.807, 2.05) is 24.3 Å². The molecule has 180 valence electrons. The Morgan fingerprint density at radius 2 is 1.59 bits per heavy atom. The monoisotopic (exact) mass is 538 g/mol. The number of hydrogen-bond acceptors (Lipinski definition) is 4. The fraction of sp³-hybridized carbons (Fsp3) is 0.308. The van der Waals surface area contributed by atoms with Crippen molar-refractivity contribution in [3.63, 3.8) is 0 Å². The van der Waals surface area contributed by atoms with Crippen LogP contribution < -0.4 is 18.7 Å². The molecule has 34 heavy (non-hydrogen) atoms. The minimum atomic E-state index is -4.40. The van der Waals surface area contributed by atoms with Crippen molar-refractivity contribution in [1.82, 2.24) is 0 Å². The van der Waals surface area contributed by atoms with Crippen molar-refractivity contribution in [1.29, 1.82) is 0 Å².